The zero-order valence-corrected chi connectivity index (χ0v) is 20.9. The lowest BCUT2D eigenvalue weighted by atomic mass is 10.0. The molecule has 1 amide bonds. The van der Waals surface area contributed by atoms with Crippen molar-refractivity contribution in [2.75, 3.05) is 5.32 Å². The zero-order valence-electron chi connectivity index (χ0n) is 20.9. The van der Waals surface area contributed by atoms with E-state index in [2.05, 4.69) is 30.5 Å². The van der Waals surface area contributed by atoms with Gasteiger partial charge in [-0.15, -0.1) is 0 Å². The van der Waals surface area contributed by atoms with E-state index in [1.54, 1.807) is 24.7 Å². The fraction of sp³-hybridized carbons (Fsp3) is 0.167. The lowest BCUT2D eigenvalue weighted by Crippen LogP contribution is -2.20. The Bertz CT molecular complexity index is 1850. The highest BCUT2D eigenvalue weighted by Crippen LogP contribution is 2.33. The lowest BCUT2D eigenvalue weighted by Gasteiger charge is -2.11. The van der Waals surface area contributed by atoms with Gasteiger partial charge in [0.1, 0.15) is 17.0 Å². The molecule has 0 radical (unpaired) electrons. The first-order valence-electron chi connectivity index (χ1n) is 13.0. The predicted octanol–water partition coefficient (Wildman–Crippen LogP) is 6.50. The maximum Gasteiger partial charge on any atom is 0.227 e. The summed E-state index contributed by atoms with van der Waals surface area (Å²) in [4.78, 5) is 29.6. The number of H-pyrrole nitrogens is 2. The zero-order chi connectivity index (χ0) is 26.3. The second-order valence-corrected chi connectivity index (χ2v) is 9.92. The van der Waals surface area contributed by atoms with Crippen molar-refractivity contribution in [3.8, 4) is 33.9 Å². The molecule has 0 aliphatic heterocycles. The number of halogens is 1. The second kappa shape index (κ2) is 9.43. The van der Waals surface area contributed by atoms with Gasteiger partial charge in [-0.3, -0.25) is 19.9 Å². The van der Waals surface area contributed by atoms with E-state index in [-0.39, 0.29) is 17.6 Å². The number of carbonyl (C=O) groups is 1. The van der Waals surface area contributed by atoms with Crippen LogP contribution in [0.4, 0.5) is 10.1 Å². The highest BCUT2D eigenvalue weighted by atomic mass is 19.1. The van der Waals surface area contributed by atoms with Crippen molar-refractivity contribution >= 4 is 33.5 Å². The fourth-order valence-corrected chi connectivity index (χ4v) is 5.37. The minimum absolute atomic E-state index is 0.0657. The highest BCUT2D eigenvalue weighted by Gasteiger charge is 2.23. The van der Waals surface area contributed by atoms with E-state index < -0.39 is 0 Å². The molecule has 2 aromatic carbocycles. The van der Waals surface area contributed by atoms with E-state index >= 15 is 0 Å². The van der Waals surface area contributed by atoms with Crippen LogP contribution in [0.5, 0.6) is 0 Å². The molecule has 4 aromatic heterocycles. The molecule has 1 saturated carbocycles. The summed E-state index contributed by atoms with van der Waals surface area (Å²) in [5, 5.41) is 11.5. The molecule has 1 aliphatic carbocycles. The average molecular weight is 518 g/mol. The third-order valence-corrected chi connectivity index (χ3v) is 7.35. The number of pyridine rings is 2. The van der Waals surface area contributed by atoms with Crippen LogP contribution in [0.3, 0.4) is 0 Å². The number of nitrogens with zero attached hydrogens (tertiary/aromatic N) is 4. The molecule has 0 bridgehead atoms. The van der Waals surface area contributed by atoms with Crippen molar-refractivity contribution in [1.82, 2.24) is 30.1 Å². The van der Waals surface area contributed by atoms with Gasteiger partial charge in [0.15, 0.2) is 5.82 Å². The summed E-state index contributed by atoms with van der Waals surface area (Å²) < 4.78 is 13.9. The van der Waals surface area contributed by atoms with Gasteiger partial charge < -0.3 is 10.3 Å². The number of aromatic nitrogens is 6. The summed E-state index contributed by atoms with van der Waals surface area (Å²) in [6.45, 7) is 0. The Morgan fingerprint density at radius 1 is 0.923 bits per heavy atom. The molecular formula is C30H24FN7O. The molecule has 39 heavy (non-hydrogen) atoms. The van der Waals surface area contributed by atoms with Crippen LogP contribution in [0.25, 0.3) is 55.8 Å². The van der Waals surface area contributed by atoms with Gasteiger partial charge >= 0.3 is 0 Å². The monoisotopic (exact) mass is 517 g/mol. The van der Waals surface area contributed by atoms with E-state index in [4.69, 9.17) is 4.98 Å². The molecule has 9 heteroatoms. The molecule has 0 atom stereocenters. The first kappa shape index (κ1) is 23.2. The molecule has 0 spiro atoms. The van der Waals surface area contributed by atoms with Gasteiger partial charge in [0.05, 0.1) is 28.6 Å². The predicted molar refractivity (Wildman–Crippen MR) is 148 cm³/mol. The van der Waals surface area contributed by atoms with Crippen molar-refractivity contribution in [2.24, 2.45) is 5.92 Å². The number of hydrogen-bond donors (Lipinski definition) is 3. The number of nitrogens with one attached hydrogen (secondary N) is 3. The van der Waals surface area contributed by atoms with E-state index in [1.165, 1.54) is 12.1 Å². The smallest absolute Gasteiger partial charge is 0.227 e. The molecule has 192 valence electrons. The first-order chi connectivity index (χ1) is 19.1. The van der Waals surface area contributed by atoms with Crippen LogP contribution in [-0.4, -0.2) is 36.0 Å². The SMILES string of the molecule is O=C(Nc1cncc(-c2ccc3[nH]nc(-c4nc5c(-c6cccc(F)c6)nccc5[nH]4)c3c2)c1)C1CCCC1. The van der Waals surface area contributed by atoms with Crippen LogP contribution in [0.2, 0.25) is 0 Å². The van der Waals surface area contributed by atoms with Gasteiger partial charge in [-0.05, 0) is 54.8 Å². The Balaban J connectivity index is 1.25. The van der Waals surface area contributed by atoms with Crippen LogP contribution in [0.1, 0.15) is 25.7 Å². The number of rotatable bonds is 5. The molecular weight excluding hydrogens is 493 g/mol. The van der Waals surface area contributed by atoms with Crippen molar-refractivity contribution in [3.63, 3.8) is 0 Å². The molecule has 8 nitrogen and oxygen atoms in total. The summed E-state index contributed by atoms with van der Waals surface area (Å²) in [7, 11) is 0. The Labute approximate surface area is 222 Å². The summed E-state index contributed by atoms with van der Waals surface area (Å²) in [5.41, 5.74) is 6.69. The van der Waals surface area contributed by atoms with Gasteiger partial charge in [0.25, 0.3) is 0 Å². The third kappa shape index (κ3) is 4.31. The quantitative estimate of drug-likeness (QED) is 0.242. The van der Waals surface area contributed by atoms with E-state index in [1.807, 2.05) is 36.4 Å². The minimum atomic E-state index is -0.329. The van der Waals surface area contributed by atoms with Gasteiger partial charge in [-0.2, -0.15) is 5.10 Å². The van der Waals surface area contributed by atoms with E-state index in [9.17, 15) is 9.18 Å². The molecule has 1 fully saturated rings. The number of aromatic amines is 2. The maximum atomic E-state index is 13.9. The standard InChI is InChI=1S/C30H24FN7O/c31-21-7-3-6-19(12-21)26-28-25(10-11-33-26)35-29(36-28)27-23-14-18(8-9-24(23)37-38-27)20-13-22(16-32-15-20)34-30(39)17-4-1-2-5-17/h3,6-17H,1-2,4-5H2,(H,34,39)(H,35,36)(H,37,38). The summed E-state index contributed by atoms with van der Waals surface area (Å²) in [5.74, 6) is 0.397. The third-order valence-electron chi connectivity index (χ3n) is 7.35. The first-order valence-corrected chi connectivity index (χ1v) is 13.0. The number of imidazole rings is 1. The van der Waals surface area contributed by atoms with Gasteiger partial charge in [0, 0.05) is 34.8 Å². The van der Waals surface area contributed by atoms with E-state index in [0.29, 0.717) is 34.0 Å². The van der Waals surface area contributed by atoms with Gasteiger partial charge in [0.2, 0.25) is 5.91 Å². The Morgan fingerprint density at radius 3 is 2.69 bits per heavy atom. The summed E-state index contributed by atoms with van der Waals surface area (Å²) in [6.07, 6.45) is 9.24. The van der Waals surface area contributed by atoms with Crippen LogP contribution < -0.4 is 5.32 Å². The fourth-order valence-electron chi connectivity index (χ4n) is 5.37. The van der Waals surface area contributed by atoms with Crippen LogP contribution in [-0.2, 0) is 4.79 Å². The molecule has 6 aromatic rings. The van der Waals surface area contributed by atoms with Gasteiger partial charge in [-0.1, -0.05) is 31.0 Å². The lowest BCUT2D eigenvalue weighted by molar-refractivity contribution is -0.119. The van der Waals surface area contributed by atoms with Crippen molar-refractivity contribution in [3.05, 3.63) is 79.0 Å². The Morgan fingerprint density at radius 2 is 1.82 bits per heavy atom. The van der Waals surface area contributed by atoms with Crippen LogP contribution in [0.15, 0.2) is 73.2 Å². The summed E-state index contributed by atoms with van der Waals surface area (Å²) >= 11 is 0. The normalized spacial score (nSPS) is 13.9. The number of hydrogen-bond acceptors (Lipinski definition) is 5. The molecule has 7 rings (SSSR count). The summed E-state index contributed by atoms with van der Waals surface area (Å²) in [6, 6.07) is 16.1. The van der Waals surface area contributed by atoms with Crippen molar-refractivity contribution < 1.29 is 9.18 Å². The molecule has 4 heterocycles. The molecule has 0 saturated heterocycles. The number of carbonyl (C=O) groups excluding carboxylic acids is 1. The number of benzene rings is 2. The Kier molecular flexibility index (Phi) is 5.61. The second-order valence-electron chi connectivity index (χ2n) is 9.92. The van der Waals surface area contributed by atoms with Crippen molar-refractivity contribution in [2.45, 2.75) is 25.7 Å². The topological polar surface area (TPSA) is 112 Å². The number of fused-ring (bicyclic) bond motifs is 2. The molecule has 3 N–H and O–H groups in total. The van der Waals surface area contributed by atoms with E-state index in [0.717, 1.165) is 53.2 Å². The minimum Gasteiger partial charge on any atom is -0.336 e. The average Bonchev–Trinajstić information content (AvgIpc) is 3.72. The number of anilines is 1. The van der Waals surface area contributed by atoms with Crippen LogP contribution >= 0.6 is 0 Å². The highest BCUT2D eigenvalue weighted by molar-refractivity contribution is 5.98. The van der Waals surface area contributed by atoms with Crippen molar-refractivity contribution in [1.29, 1.82) is 0 Å². The van der Waals surface area contributed by atoms with Crippen LogP contribution in [0, 0.1) is 11.7 Å². The molecule has 0 unspecified atom stereocenters. The van der Waals surface area contributed by atoms with Gasteiger partial charge in [-0.25, -0.2) is 9.37 Å². The number of amides is 1. The largest absolute Gasteiger partial charge is 0.336 e. The maximum absolute atomic E-state index is 13.9. The molecule has 1 aliphatic rings. The Hall–Kier alpha value is -4.92.